The van der Waals surface area contributed by atoms with Gasteiger partial charge in [-0.15, -0.1) is 0 Å². The quantitative estimate of drug-likeness (QED) is 0.669. The van der Waals surface area contributed by atoms with Gasteiger partial charge in [-0.05, 0) is 24.6 Å². The largest absolute Gasteiger partial charge is 0.399 e. The monoisotopic (exact) mass is 229 g/mol. The molecule has 0 saturated carbocycles. The summed E-state index contributed by atoms with van der Waals surface area (Å²) in [6, 6.07) is 5.07. The van der Waals surface area contributed by atoms with Crippen molar-refractivity contribution >= 4 is 21.6 Å². The molecule has 5 nitrogen and oxygen atoms in total. The second-order valence-corrected chi connectivity index (χ2v) is 4.68. The molecular formula is C9H15N3O2S. The van der Waals surface area contributed by atoms with E-state index in [-0.39, 0.29) is 0 Å². The van der Waals surface area contributed by atoms with E-state index in [0.717, 1.165) is 5.56 Å². The number of hydrogen-bond acceptors (Lipinski definition) is 3. The fraction of sp³-hybridized carbons (Fsp3) is 0.333. The SMILES string of the molecule is CCNS(=O)(=O)Nc1cc(N)ccc1C. The summed E-state index contributed by atoms with van der Waals surface area (Å²) in [7, 11) is -3.48. The van der Waals surface area contributed by atoms with Gasteiger partial charge in [0.15, 0.2) is 0 Å². The molecule has 0 amide bonds. The highest BCUT2D eigenvalue weighted by atomic mass is 32.2. The zero-order valence-corrected chi connectivity index (χ0v) is 9.56. The molecule has 6 heteroatoms. The zero-order chi connectivity index (χ0) is 11.5. The molecule has 0 aliphatic carbocycles. The number of anilines is 2. The van der Waals surface area contributed by atoms with Crippen LogP contribution in [0.2, 0.25) is 0 Å². The van der Waals surface area contributed by atoms with Crippen LogP contribution in [0.3, 0.4) is 0 Å². The molecule has 0 bridgehead atoms. The Morgan fingerprint density at radius 3 is 2.67 bits per heavy atom. The van der Waals surface area contributed by atoms with E-state index in [9.17, 15) is 8.42 Å². The molecule has 1 rings (SSSR count). The minimum atomic E-state index is -3.48. The van der Waals surface area contributed by atoms with Gasteiger partial charge >= 0.3 is 0 Å². The summed E-state index contributed by atoms with van der Waals surface area (Å²) >= 11 is 0. The van der Waals surface area contributed by atoms with E-state index in [1.807, 2.05) is 6.92 Å². The summed E-state index contributed by atoms with van der Waals surface area (Å²) in [6.07, 6.45) is 0. The minimum Gasteiger partial charge on any atom is -0.399 e. The molecule has 0 fully saturated rings. The van der Waals surface area contributed by atoms with Crippen molar-refractivity contribution in [1.29, 1.82) is 0 Å². The maximum atomic E-state index is 11.4. The lowest BCUT2D eigenvalue weighted by Crippen LogP contribution is -2.30. The van der Waals surface area contributed by atoms with E-state index in [4.69, 9.17) is 5.73 Å². The first-order valence-electron chi connectivity index (χ1n) is 4.58. The van der Waals surface area contributed by atoms with Gasteiger partial charge in [-0.1, -0.05) is 13.0 Å². The Bertz CT molecular complexity index is 443. The normalized spacial score (nSPS) is 11.3. The lowest BCUT2D eigenvalue weighted by atomic mass is 10.2. The topological polar surface area (TPSA) is 84.2 Å². The Morgan fingerprint density at radius 2 is 2.07 bits per heavy atom. The maximum absolute atomic E-state index is 11.4. The van der Waals surface area contributed by atoms with Crippen LogP contribution in [0.4, 0.5) is 11.4 Å². The van der Waals surface area contributed by atoms with E-state index in [2.05, 4.69) is 9.44 Å². The van der Waals surface area contributed by atoms with Gasteiger partial charge in [0.25, 0.3) is 10.2 Å². The lowest BCUT2D eigenvalue weighted by Gasteiger charge is -2.10. The molecule has 0 aliphatic rings. The summed E-state index contributed by atoms with van der Waals surface area (Å²) in [6.45, 7) is 3.87. The van der Waals surface area contributed by atoms with Crippen molar-refractivity contribution in [2.45, 2.75) is 13.8 Å². The van der Waals surface area contributed by atoms with Gasteiger partial charge in [0.1, 0.15) is 0 Å². The first-order valence-corrected chi connectivity index (χ1v) is 6.06. The molecule has 0 radical (unpaired) electrons. The summed E-state index contributed by atoms with van der Waals surface area (Å²) in [4.78, 5) is 0. The van der Waals surface area contributed by atoms with Crippen molar-refractivity contribution in [2.24, 2.45) is 0 Å². The number of rotatable bonds is 4. The molecule has 0 heterocycles. The van der Waals surface area contributed by atoms with Crippen LogP contribution in [-0.4, -0.2) is 15.0 Å². The zero-order valence-electron chi connectivity index (χ0n) is 8.74. The van der Waals surface area contributed by atoms with Gasteiger partial charge < -0.3 is 5.73 Å². The lowest BCUT2D eigenvalue weighted by molar-refractivity contribution is 0.589. The summed E-state index contributed by atoms with van der Waals surface area (Å²) in [5.74, 6) is 0. The molecule has 15 heavy (non-hydrogen) atoms. The summed E-state index contributed by atoms with van der Waals surface area (Å²) in [5, 5.41) is 0. The number of benzene rings is 1. The average molecular weight is 229 g/mol. The van der Waals surface area contributed by atoms with Crippen molar-refractivity contribution in [3.63, 3.8) is 0 Å². The molecule has 0 aromatic heterocycles. The third-order valence-corrected chi connectivity index (χ3v) is 3.00. The third kappa shape index (κ3) is 3.41. The highest BCUT2D eigenvalue weighted by Crippen LogP contribution is 2.18. The fourth-order valence-electron chi connectivity index (χ4n) is 1.12. The van der Waals surface area contributed by atoms with Crippen LogP contribution in [0, 0.1) is 6.92 Å². The highest BCUT2D eigenvalue weighted by Gasteiger charge is 2.09. The van der Waals surface area contributed by atoms with Crippen LogP contribution in [0.15, 0.2) is 18.2 Å². The van der Waals surface area contributed by atoms with Crippen LogP contribution in [0.5, 0.6) is 0 Å². The molecular weight excluding hydrogens is 214 g/mol. The number of aryl methyl sites for hydroxylation is 1. The first-order chi connectivity index (χ1) is 6.94. The van der Waals surface area contributed by atoms with E-state index in [1.54, 1.807) is 25.1 Å². The smallest absolute Gasteiger partial charge is 0.299 e. The fourth-order valence-corrected chi connectivity index (χ4v) is 2.08. The van der Waals surface area contributed by atoms with Gasteiger partial charge in [-0.3, -0.25) is 4.72 Å². The van der Waals surface area contributed by atoms with Crippen LogP contribution < -0.4 is 15.2 Å². The summed E-state index contributed by atoms with van der Waals surface area (Å²) in [5.41, 5.74) is 7.41. The second-order valence-electron chi connectivity index (χ2n) is 3.18. The average Bonchev–Trinajstić information content (AvgIpc) is 2.10. The molecule has 4 N–H and O–H groups in total. The molecule has 84 valence electrons. The Kier molecular flexibility index (Phi) is 3.54. The van der Waals surface area contributed by atoms with Gasteiger partial charge in [0.05, 0.1) is 5.69 Å². The standard InChI is InChI=1S/C9H15N3O2S/c1-3-11-15(13,14)12-9-6-8(10)5-4-7(9)2/h4-6,11-12H,3,10H2,1-2H3. The van der Waals surface area contributed by atoms with Crippen molar-refractivity contribution in [2.75, 3.05) is 17.0 Å². The predicted octanol–water partition coefficient (Wildman–Crippen LogP) is 0.843. The van der Waals surface area contributed by atoms with Crippen LogP contribution >= 0.6 is 0 Å². The van der Waals surface area contributed by atoms with Crippen molar-refractivity contribution < 1.29 is 8.42 Å². The Balaban J connectivity index is 2.94. The van der Waals surface area contributed by atoms with E-state index in [0.29, 0.717) is 17.9 Å². The molecule has 1 aromatic carbocycles. The number of nitrogen functional groups attached to an aromatic ring is 1. The first kappa shape index (κ1) is 11.8. The minimum absolute atomic E-state index is 0.344. The molecule has 0 unspecified atom stereocenters. The highest BCUT2D eigenvalue weighted by molar-refractivity contribution is 7.90. The van der Waals surface area contributed by atoms with Gasteiger partial charge in [0.2, 0.25) is 0 Å². The maximum Gasteiger partial charge on any atom is 0.299 e. The van der Waals surface area contributed by atoms with Crippen LogP contribution in [0.25, 0.3) is 0 Å². The van der Waals surface area contributed by atoms with Crippen molar-refractivity contribution in [3.8, 4) is 0 Å². The van der Waals surface area contributed by atoms with Crippen LogP contribution in [0.1, 0.15) is 12.5 Å². The Labute approximate surface area is 89.9 Å². The van der Waals surface area contributed by atoms with Crippen molar-refractivity contribution in [3.05, 3.63) is 23.8 Å². The number of nitrogens with two attached hydrogens (primary N) is 1. The molecule has 0 atom stereocenters. The van der Waals surface area contributed by atoms with Crippen molar-refractivity contribution in [1.82, 2.24) is 4.72 Å². The third-order valence-electron chi connectivity index (χ3n) is 1.84. The second kappa shape index (κ2) is 4.50. The molecule has 0 spiro atoms. The number of nitrogens with one attached hydrogen (secondary N) is 2. The molecule has 0 aliphatic heterocycles. The van der Waals surface area contributed by atoms with E-state index in [1.165, 1.54) is 0 Å². The Morgan fingerprint density at radius 1 is 1.40 bits per heavy atom. The van der Waals surface area contributed by atoms with E-state index < -0.39 is 10.2 Å². The summed E-state index contributed by atoms with van der Waals surface area (Å²) < 4.78 is 27.5. The molecule has 1 aromatic rings. The molecule has 0 saturated heterocycles. The van der Waals surface area contributed by atoms with Gasteiger partial charge in [-0.25, -0.2) is 0 Å². The van der Waals surface area contributed by atoms with Gasteiger partial charge in [0, 0.05) is 12.2 Å². The van der Waals surface area contributed by atoms with Gasteiger partial charge in [-0.2, -0.15) is 13.1 Å². The van der Waals surface area contributed by atoms with Crippen LogP contribution in [-0.2, 0) is 10.2 Å². The number of hydrogen-bond donors (Lipinski definition) is 3. The van der Waals surface area contributed by atoms with E-state index >= 15 is 0 Å². The predicted molar refractivity (Wildman–Crippen MR) is 61.8 cm³/mol. The Hall–Kier alpha value is -1.27.